The molecule has 1 amide bonds. The van der Waals surface area contributed by atoms with Crippen LogP contribution in [0.1, 0.15) is 24.9 Å². The Morgan fingerprint density at radius 1 is 1.52 bits per heavy atom. The second-order valence-electron chi connectivity index (χ2n) is 5.24. The SMILES string of the molecule is CCC(C(=O)Nc1cc(C)on1)N1CCn2ccnc2C1. The number of rotatable bonds is 4. The van der Waals surface area contributed by atoms with Crippen LogP contribution in [0.4, 0.5) is 5.82 Å². The molecule has 2 aromatic heterocycles. The van der Waals surface area contributed by atoms with E-state index < -0.39 is 0 Å². The maximum atomic E-state index is 12.4. The Kier molecular flexibility index (Phi) is 3.74. The quantitative estimate of drug-likeness (QED) is 0.921. The molecule has 3 heterocycles. The number of hydrogen-bond acceptors (Lipinski definition) is 5. The lowest BCUT2D eigenvalue weighted by molar-refractivity contribution is -0.122. The van der Waals surface area contributed by atoms with Crippen molar-refractivity contribution in [2.75, 3.05) is 11.9 Å². The van der Waals surface area contributed by atoms with E-state index in [1.54, 1.807) is 19.2 Å². The summed E-state index contributed by atoms with van der Waals surface area (Å²) in [6.07, 6.45) is 4.52. The number of amides is 1. The third-order valence-corrected chi connectivity index (χ3v) is 3.78. The fourth-order valence-electron chi connectivity index (χ4n) is 2.70. The van der Waals surface area contributed by atoms with E-state index in [-0.39, 0.29) is 11.9 Å². The summed E-state index contributed by atoms with van der Waals surface area (Å²) in [5.74, 6) is 2.10. The average molecular weight is 289 g/mol. The molecule has 0 aliphatic carbocycles. The Morgan fingerprint density at radius 3 is 3.10 bits per heavy atom. The minimum atomic E-state index is -0.188. The molecular formula is C14H19N5O2. The lowest BCUT2D eigenvalue weighted by Crippen LogP contribution is -2.47. The molecule has 0 saturated carbocycles. The number of carbonyl (C=O) groups excluding carboxylic acids is 1. The summed E-state index contributed by atoms with van der Waals surface area (Å²) in [7, 11) is 0. The van der Waals surface area contributed by atoms with Crippen molar-refractivity contribution in [3.8, 4) is 0 Å². The van der Waals surface area contributed by atoms with Gasteiger partial charge in [-0.3, -0.25) is 9.69 Å². The first kappa shape index (κ1) is 13.8. The highest BCUT2D eigenvalue weighted by Crippen LogP contribution is 2.17. The van der Waals surface area contributed by atoms with Gasteiger partial charge in [0.15, 0.2) is 5.82 Å². The van der Waals surface area contributed by atoms with E-state index in [9.17, 15) is 4.79 Å². The summed E-state index contributed by atoms with van der Waals surface area (Å²) in [6.45, 7) is 6.20. The van der Waals surface area contributed by atoms with Crippen molar-refractivity contribution < 1.29 is 9.32 Å². The molecule has 1 aliphatic rings. The number of nitrogens with zero attached hydrogens (tertiary/aromatic N) is 4. The highest BCUT2D eigenvalue weighted by molar-refractivity contribution is 5.93. The van der Waals surface area contributed by atoms with E-state index >= 15 is 0 Å². The Morgan fingerprint density at radius 2 is 2.38 bits per heavy atom. The second kappa shape index (κ2) is 5.69. The molecule has 0 aromatic carbocycles. The molecule has 2 aromatic rings. The number of aryl methyl sites for hydroxylation is 1. The van der Waals surface area contributed by atoms with Crippen molar-refractivity contribution in [2.24, 2.45) is 0 Å². The molecule has 0 saturated heterocycles. The first-order valence-electron chi connectivity index (χ1n) is 7.15. The predicted molar refractivity (Wildman–Crippen MR) is 76.6 cm³/mol. The lowest BCUT2D eigenvalue weighted by Gasteiger charge is -2.33. The Labute approximate surface area is 122 Å². The average Bonchev–Trinajstić information content (AvgIpc) is 3.08. The van der Waals surface area contributed by atoms with Crippen LogP contribution < -0.4 is 5.32 Å². The topological polar surface area (TPSA) is 76.2 Å². The number of hydrogen-bond donors (Lipinski definition) is 1. The van der Waals surface area contributed by atoms with Gasteiger partial charge < -0.3 is 14.4 Å². The third-order valence-electron chi connectivity index (χ3n) is 3.78. The van der Waals surface area contributed by atoms with Crippen LogP contribution in [0.2, 0.25) is 0 Å². The van der Waals surface area contributed by atoms with E-state index in [4.69, 9.17) is 4.52 Å². The summed E-state index contributed by atoms with van der Waals surface area (Å²) in [5.41, 5.74) is 0. The zero-order valence-corrected chi connectivity index (χ0v) is 12.2. The van der Waals surface area contributed by atoms with Crippen LogP contribution in [0.15, 0.2) is 23.0 Å². The lowest BCUT2D eigenvalue weighted by atomic mass is 10.1. The highest BCUT2D eigenvalue weighted by atomic mass is 16.5. The molecule has 0 radical (unpaired) electrons. The number of nitrogens with one attached hydrogen (secondary N) is 1. The molecule has 0 fully saturated rings. The smallest absolute Gasteiger partial charge is 0.242 e. The van der Waals surface area contributed by atoms with E-state index in [0.29, 0.717) is 18.1 Å². The van der Waals surface area contributed by atoms with Crippen LogP contribution >= 0.6 is 0 Å². The molecule has 1 unspecified atom stereocenters. The predicted octanol–water partition coefficient (Wildman–Crippen LogP) is 1.41. The van der Waals surface area contributed by atoms with Gasteiger partial charge in [0.05, 0.1) is 12.6 Å². The van der Waals surface area contributed by atoms with Gasteiger partial charge in [-0.15, -0.1) is 0 Å². The van der Waals surface area contributed by atoms with E-state index in [1.165, 1.54) is 0 Å². The highest BCUT2D eigenvalue weighted by Gasteiger charge is 2.28. The fourth-order valence-corrected chi connectivity index (χ4v) is 2.70. The molecule has 0 bridgehead atoms. The van der Waals surface area contributed by atoms with Crippen molar-refractivity contribution in [3.63, 3.8) is 0 Å². The van der Waals surface area contributed by atoms with Crippen LogP contribution in [0, 0.1) is 6.92 Å². The minimum absolute atomic E-state index is 0.0502. The molecule has 7 nitrogen and oxygen atoms in total. The third kappa shape index (κ3) is 2.82. The number of aromatic nitrogens is 3. The van der Waals surface area contributed by atoms with Crippen molar-refractivity contribution in [1.82, 2.24) is 19.6 Å². The molecule has 1 N–H and O–H groups in total. The number of fused-ring (bicyclic) bond motifs is 1. The van der Waals surface area contributed by atoms with E-state index in [1.807, 2.05) is 13.1 Å². The fraction of sp³-hybridized carbons (Fsp3) is 0.500. The van der Waals surface area contributed by atoms with Gasteiger partial charge in [0.2, 0.25) is 5.91 Å². The first-order chi connectivity index (χ1) is 10.2. The Balaban J connectivity index is 1.69. The van der Waals surface area contributed by atoms with Crippen molar-refractivity contribution in [3.05, 3.63) is 30.0 Å². The van der Waals surface area contributed by atoms with Gasteiger partial charge in [0, 0.05) is 31.5 Å². The van der Waals surface area contributed by atoms with Crippen molar-refractivity contribution >= 4 is 11.7 Å². The van der Waals surface area contributed by atoms with Crippen LogP contribution in [0.3, 0.4) is 0 Å². The molecular weight excluding hydrogens is 270 g/mol. The van der Waals surface area contributed by atoms with Gasteiger partial charge >= 0.3 is 0 Å². The van der Waals surface area contributed by atoms with Crippen molar-refractivity contribution in [2.45, 2.75) is 39.4 Å². The second-order valence-corrected chi connectivity index (χ2v) is 5.24. The number of carbonyl (C=O) groups is 1. The van der Waals surface area contributed by atoms with Gasteiger partial charge in [-0.1, -0.05) is 12.1 Å². The molecule has 0 spiro atoms. The summed E-state index contributed by atoms with van der Waals surface area (Å²) < 4.78 is 7.10. The largest absolute Gasteiger partial charge is 0.360 e. The zero-order valence-electron chi connectivity index (χ0n) is 12.2. The van der Waals surface area contributed by atoms with Crippen LogP contribution in [-0.2, 0) is 17.9 Å². The zero-order chi connectivity index (χ0) is 14.8. The molecule has 1 aliphatic heterocycles. The van der Waals surface area contributed by atoms with Crippen LogP contribution in [-0.4, -0.2) is 38.1 Å². The summed E-state index contributed by atoms with van der Waals surface area (Å²) in [5, 5.41) is 6.62. The normalized spacial score (nSPS) is 16.5. The number of imidazole rings is 1. The Bertz CT molecular complexity index is 633. The van der Waals surface area contributed by atoms with Crippen molar-refractivity contribution in [1.29, 1.82) is 0 Å². The van der Waals surface area contributed by atoms with Gasteiger partial charge in [-0.05, 0) is 13.3 Å². The monoisotopic (exact) mass is 289 g/mol. The maximum absolute atomic E-state index is 12.4. The van der Waals surface area contributed by atoms with Gasteiger partial charge in [-0.25, -0.2) is 4.98 Å². The first-order valence-corrected chi connectivity index (χ1v) is 7.15. The Hall–Kier alpha value is -2.15. The van der Waals surface area contributed by atoms with Crippen LogP contribution in [0.5, 0.6) is 0 Å². The van der Waals surface area contributed by atoms with Crippen LogP contribution in [0.25, 0.3) is 0 Å². The maximum Gasteiger partial charge on any atom is 0.242 e. The standard InChI is InChI=1S/C14H19N5O2/c1-3-11(14(20)16-12-8-10(2)21-17-12)19-7-6-18-5-4-15-13(18)9-19/h4-5,8,11H,3,6-7,9H2,1-2H3,(H,16,17,20). The molecule has 112 valence electrons. The molecule has 1 atom stereocenters. The summed E-state index contributed by atoms with van der Waals surface area (Å²) >= 11 is 0. The summed E-state index contributed by atoms with van der Waals surface area (Å²) in [4.78, 5) is 18.9. The van der Waals surface area contributed by atoms with Gasteiger partial charge in [-0.2, -0.15) is 0 Å². The van der Waals surface area contributed by atoms with Gasteiger partial charge in [0.1, 0.15) is 11.6 Å². The van der Waals surface area contributed by atoms with E-state index in [2.05, 4.69) is 24.9 Å². The van der Waals surface area contributed by atoms with Gasteiger partial charge in [0.25, 0.3) is 0 Å². The number of anilines is 1. The summed E-state index contributed by atoms with van der Waals surface area (Å²) in [6, 6.07) is 1.53. The van der Waals surface area contributed by atoms with E-state index in [0.717, 1.165) is 25.3 Å². The molecule has 21 heavy (non-hydrogen) atoms. The molecule has 7 heteroatoms. The minimum Gasteiger partial charge on any atom is -0.360 e. The molecule has 3 rings (SSSR count).